The quantitative estimate of drug-likeness (QED) is 0.410. The van der Waals surface area contributed by atoms with Crippen LogP contribution in [0.3, 0.4) is 0 Å². The Kier molecular flexibility index (Phi) is 10.2. The van der Waals surface area contributed by atoms with Crippen molar-refractivity contribution in [2.45, 2.75) is 39.5 Å². The van der Waals surface area contributed by atoms with E-state index in [1.165, 1.54) is 0 Å². The molecule has 0 fully saturated rings. The number of ether oxygens (including phenoxy) is 3. The molecule has 0 unspecified atom stereocenters. The summed E-state index contributed by atoms with van der Waals surface area (Å²) >= 11 is 0. The first-order valence-corrected chi connectivity index (χ1v) is 9.59. The molecule has 0 aromatic heterocycles. The van der Waals surface area contributed by atoms with Crippen LogP contribution in [0.2, 0.25) is 0 Å². The average molecular weight is 392 g/mol. The molecule has 8 heteroatoms. The van der Waals surface area contributed by atoms with E-state index in [-0.39, 0.29) is 5.68 Å². The Balaban J connectivity index is 2.65. The van der Waals surface area contributed by atoms with Crippen molar-refractivity contribution in [2.75, 3.05) is 39.5 Å². The van der Waals surface area contributed by atoms with E-state index in [0.29, 0.717) is 51.7 Å². The van der Waals surface area contributed by atoms with Gasteiger partial charge in [-0.05, 0) is 36.5 Å². The molecule has 0 aliphatic carbocycles. The lowest BCUT2D eigenvalue weighted by atomic mass is 9.74. The van der Waals surface area contributed by atoms with Gasteiger partial charge in [-0.2, -0.15) is 0 Å². The van der Waals surface area contributed by atoms with Gasteiger partial charge in [0.25, 0.3) is 0 Å². The lowest BCUT2D eigenvalue weighted by Gasteiger charge is -2.28. The summed E-state index contributed by atoms with van der Waals surface area (Å²) in [7, 11) is 1.57. The highest BCUT2D eigenvalue weighted by atomic mass is 16.6. The zero-order valence-corrected chi connectivity index (χ0v) is 17.7. The first-order chi connectivity index (χ1) is 13.2. The summed E-state index contributed by atoms with van der Waals surface area (Å²) in [5.41, 5.74) is 7.83. The van der Waals surface area contributed by atoms with E-state index in [9.17, 15) is 9.59 Å². The summed E-state index contributed by atoms with van der Waals surface area (Å²) < 4.78 is 16.1. The normalized spacial score (nSPS) is 11.3. The number of carbonyl (C=O) groups is 2. The average Bonchev–Trinajstić information content (AvgIpc) is 2.55. The molecule has 0 aliphatic heterocycles. The highest BCUT2D eigenvalue weighted by Gasteiger charge is 2.29. The van der Waals surface area contributed by atoms with Gasteiger partial charge < -0.3 is 30.1 Å². The molecule has 7 nitrogen and oxygen atoms in total. The Morgan fingerprint density at radius 1 is 1.11 bits per heavy atom. The van der Waals surface area contributed by atoms with Crippen molar-refractivity contribution in [3.8, 4) is 5.75 Å². The van der Waals surface area contributed by atoms with Crippen LogP contribution < -0.4 is 15.8 Å². The van der Waals surface area contributed by atoms with E-state index in [1.807, 2.05) is 39.8 Å². The van der Waals surface area contributed by atoms with Crippen LogP contribution in [0.4, 0.5) is 4.79 Å². The van der Waals surface area contributed by atoms with Crippen LogP contribution in [-0.4, -0.2) is 59.1 Å². The van der Waals surface area contributed by atoms with Crippen LogP contribution >= 0.6 is 0 Å². The van der Waals surface area contributed by atoms with E-state index in [4.69, 9.17) is 19.9 Å². The Labute approximate surface area is 168 Å². The zero-order valence-electron chi connectivity index (χ0n) is 17.7. The van der Waals surface area contributed by atoms with Crippen molar-refractivity contribution < 1.29 is 23.8 Å². The van der Waals surface area contributed by atoms with Gasteiger partial charge in [0.1, 0.15) is 5.75 Å². The molecular weight excluding hydrogens is 359 g/mol. The monoisotopic (exact) mass is 392 g/mol. The standard InChI is InChI=1S/C20H33BN2O5/c1-14-11-15(2)18(20(3,4)13-17(21)24)16(12-14)28-19(25)23-6-8-27-10-9-26-7-5-22/h11-12H,5-10,13,21-22H2,1-4H3,(H,23,25). The van der Waals surface area contributed by atoms with Crippen molar-refractivity contribution in [3.63, 3.8) is 0 Å². The number of hydrogen-bond donors (Lipinski definition) is 2. The van der Waals surface area contributed by atoms with E-state index in [1.54, 1.807) is 7.85 Å². The fraction of sp³-hybridized carbons (Fsp3) is 0.600. The van der Waals surface area contributed by atoms with E-state index < -0.39 is 11.5 Å². The lowest BCUT2D eigenvalue weighted by Crippen LogP contribution is -2.32. The molecule has 0 saturated carbocycles. The molecule has 1 aromatic carbocycles. The Morgan fingerprint density at radius 2 is 1.75 bits per heavy atom. The Morgan fingerprint density at radius 3 is 2.36 bits per heavy atom. The van der Waals surface area contributed by atoms with Crippen LogP contribution in [-0.2, 0) is 19.7 Å². The molecule has 0 aliphatic rings. The van der Waals surface area contributed by atoms with Crippen molar-refractivity contribution >= 4 is 19.6 Å². The van der Waals surface area contributed by atoms with Crippen molar-refractivity contribution in [1.29, 1.82) is 0 Å². The summed E-state index contributed by atoms with van der Waals surface area (Å²) in [5, 5.41) is 2.68. The Hall–Kier alpha value is -1.90. The number of carbonyl (C=O) groups excluding carboxylic acids is 2. The number of nitrogens with one attached hydrogen (secondary N) is 1. The van der Waals surface area contributed by atoms with Crippen LogP contribution in [0.15, 0.2) is 12.1 Å². The minimum atomic E-state index is -0.548. The number of hydrogen-bond acceptors (Lipinski definition) is 6. The predicted octanol–water partition coefficient (Wildman–Crippen LogP) is 1.21. The summed E-state index contributed by atoms with van der Waals surface area (Å²) in [6, 6.07) is 3.86. The van der Waals surface area contributed by atoms with Gasteiger partial charge in [0, 0.05) is 25.1 Å². The van der Waals surface area contributed by atoms with Crippen molar-refractivity contribution in [3.05, 3.63) is 28.8 Å². The zero-order chi connectivity index (χ0) is 21.2. The van der Waals surface area contributed by atoms with Gasteiger partial charge in [-0.15, -0.1) is 0 Å². The van der Waals surface area contributed by atoms with Gasteiger partial charge in [0.15, 0.2) is 7.85 Å². The lowest BCUT2D eigenvalue weighted by molar-refractivity contribution is -0.112. The van der Waals surface area contributed by atoms with E-state index in [0.717, 1.165) is 16.7 Å². The van der Waals surface area contributed by atoms with Gasteiger partial charge in [0.05, 0.1) is 32.1 Å². The largest absolute Gasteiger partial charge is 0.412 e. The molecule has 0 spiro atoms. The molecular formula is C20H33BN2O5. The molecule has 0 atom stereocenters. The summed E-state index contributed by atoms with van der Waals surface area (Å²) in [6.07, 6.45) is -0.178. The second kappa shape index (κ2) is 11.8. The van der Waals surface area contributed by atoms with Gasteiger partial charge in [-0.1, -0.05) is 19.9 Å². The number of nitrogens with two attached hydrogens (primary N) is 1. The number of rotatable bonds is 12. The third-order valence-corrected chi connectivity index (χ3v) is 4.16. The first-order valence-electron chi connectivity index (χ1n) is 9.59. The third-order valence-electron chi connectivity index (χ3n) is 4.16. The summed E-state index contributed by atoms with van der Waals surface area (Å²) in [6.45, 7) is 10.5. The molecule has 1 rings (SSSR count). The van der Waals surface area contributed by atoms with Crippen LogP contribution in [0.25, 0.3) is 0 Å². The van der Waals surface area contributed by atoms with Crippen LogP contribution in [0, 0.1) is 13.8 Å². The van der Waals surface area contributed by atoms with Gasteiger partial charge in [-0.3, -0.25) is 0 Å². The van der Waals surface area contributed by atoms with Gasteiger partial charge >= 0.3 is 6.09 Å². The topological polar surface area (TPSA) is 99.9 Å². The minimum Gasteiger partial charge on any atom is -0.410 e. The summed E-state index contributed by atoms with van der Waals surface area (Å²) in [4.78, 5) is 23.9. The molecule has 1 amide bonds. The van der Waals surface area contributed by atoms with Gasteiger partial charge in [0.2, 0.25) is 0 Å². The maximum atomic E-state index is 12.2. The fourth-order valence-corrected chi connectivity index (χ4v) is 3.35. The van der Waals surface area contributed by atoms with Crippen molar-refractivity contribution in [2.24, 2.45) is 5.73 Å². The van der Waals surface area contributed by atoms with Gasteiger partial charge in [-0.25, -0.2) is 4.79 Å². The molecule has 0 heterocycles. The minimum absolute atomic E-state index is 0.0907. The smallest absolute Gasteiger partial charge is 0.410 e. The van der Waals surface area contributed by atoms with E-state index >= 15 is 0 Å². The molecule has 0 saturated heterocycles. The number of benzene rings is 1. The van der Waals surface area contributed by atoms with Crippen LogP contribution in [0.5, 0.6) is 5.75 Å². The molecule has 3 N–H and O–H groups in total. The molecule has 28 heavy (non-hydrogen) atoms. The number of aryl methyl sites for hydroxylation is 2. The molecule has 1 aromatic rings. The maximum Gasteiger partial charge on any atom is 0.412 e. The SMILES string of the molecule is BC(=O)CC(C)(C)c1c(C)cc(C)cc1OC(=O)NCCOCCOCCN. The van der Waals surface area contributed by atoms with Crippen LogP contribution in [0.1, 0.15) is 37.0 Å². The third kappa shape index (κ3) is 8.41. The Bertz CT molecular complexity index is 664. The predicted molar refractivity (Wildman–Crippen MR) is 112 cm³/mol. The highest BCUT2D eigenvalue weighted by Crippen LogP contribution is 2.37. The summed E-state index contributed by atoms with van der Waals surface area (Å²) in [5.74, 6) is 0.484. The number of amides is 1. The highest BCUT2D eigenvalue weighted by molar-refractivity contribution is 6.57. The second-order valence-electron chi connectivity index (χ2n) is 7.55. The van der Waals surface area contributed by atoms with E-state index in [2.05, 4.69) is 5.32 Å². The first kappa shape index (κ1) is 24.1. The molecule has 156 valence electrons. The maximum absolute atomic E-state index is 12.2. The molecule has 0 bridgehead atoms. The fourth-order valence-electron chi connectivity index (χ4n) is 3.35. The second-order valence-corrected chi connectivity index (χ2v) is 7.55. The molecule has 0 radical (unpaired) electrons. The van der Waals surface area contributed by atoms with Crippen molar-refractivity contribution in [1.82, 2.24) is 5.32 Å².